The minimum absolute atomic E-state index is 0.0628. The van der Waals surface area contributed by atoms with Gasteiger partial charge in [-0.3, -0.25) is 14.4 Å². The summed E-state index contributed by atoms with van der Waals surface area (Å²) in [5, 5.41) is 0. The first-order chi connectivity index (χ1) is 34.1. The molecule has 0 rings (SSSR count). The van der Waals surface area contributed by atoms with Gasteiger partial charge in [0.15, 0.2) is 6.10 Å². The molecule has 0 aliphatic rings. The molecule has 0 aliphatic heterocycles. The number of carbonyl (C=O) groups is 3. The van der Waals surface area contributed by atoms with Crippen molar-refractivity contribution in [2.75, 3.05) is 13.2 Å². The van der Waals surface area contributed by atoms with E-state index in [1.807, 2.05) is 0 Å². The Balaban J connectivity index is 4.27. The molecule has 0 aromatic rings. The average molecular weight is 990 g/mol. The molecule has 0 saturated carbocycles. The topological polar surface area (TPSA) is 78.9 Å². The summed E-state index contributed by atoms with van der Waals surface area (Å²) < 4.78 is 17.0. The van der Waals surface area contributed by atoms with E-state index in [1.165, 1.54) is 238 Å². The van der Waals surface area contributed by atoms with Crippen LogP contribution in [0.2, 0.25) is 0 Å². The van der Waals surface area contributed by atoms with Crippen molar-refractivity contribution in [3.05, 3.63) is 0 Å². The maximum absolute atomic E-state index is 12.9. The van der Waals surface area contributed by atoms with Crippen LogP contribution in [-0.4, -0.2) is 37.2 Å². The van der Waals surface area contributed by atoms with Crippen molar-refractivity contribution in [1.82, 2.24) is 0 Å². The molecular weight excluding hydrogens is 865 g/mol. The predicted molar refractivity (Wildman–Crippen MR) is 303 cm³/mol. The predicted octanol–water partition coefficient (Wildman–Crippen LogP) is 21.1. The molecule has 0 radical (unpaired) electrons. The van der Waals surface area contributed by atoms with Gasteiger partial charge in [0.1, 0.15) is 13.2 Å². The highest BCUT2D eigenvalue weighted by molar-refractivity contribution is 5.71. The lowest BCUT2D eigenvalue weighted by Crippen LogP contribution is -2.30. The maximum Gasteiger partial charge on any atom is 0.306 e. The monoisotopic (exact) mass is 989 g/mol. The van der Waals surface area contributed by atoms with E-state index < -0.39 is 6.10 Å². The fourth-order valence-electron chi connectivity index (χ4n) is 9.85. The van der Waals surface area contributed by atoms with E-state index >= 15 is 0 Å². The molecule has 6 heteroatoms. The van der Waals surface area contributed by atoms with E-state index in [4.69, 9.17) is 14.2 Å². The average Bonchev–Trinajstić information content (AvgIpc) is 3.33. The van der Waals surface area contributed by atoms with Gasteiger partial charge in [0.2, 0.25) is 0 Å². The minimum atomic E-state index is -0.764. The van der Waals surface area contributed by atoms with Gasteiger partial charge in [0.05, 0.1) is 0 Å². The molecule has 0 N–H and O–H groups in total. The van der Waals surface area contributed by atoms with Gasteiger partial charge >= 0.3 is 17.9 Å². The van der Waals surface area contributed by atoms with Crippen LogP contribution in [0, 0.1) is 17.8 Å². The first-order valence-corrected chi connectivity index (χ1v) is 31.6. The highest BCUT2D eigenvalue weighted by Gasteiger charge is 2.19. The fraction of sp³-hybridized carbons (Fsp3) is 0.953. The van der Waals surface area contributed by atoms with Crippen molar-refractivity contribution in [2.24, 2.45) is 17.8 Å². The van der Waals surface area contributed by atoms with E-state index in [0.29, 0.717) is 19.3 Å². The fourth-order valence-corrected chi connectivity index (χ4v) is 9.85. The first kappa shape index (κ1) is 68.4. The van der Waals surface area contributed by atoms with Gasteiger partial charge < -0.3 is 14.2 Å². The molecule has 0 spiro atoms. The van der Waals surface area contributed by atoms with Crippen LogP contribution < -0.4 is 0 Å². The van der Waals surface area contributed by atoms with Gasteiger partial charge in [-0.2, -0.15) is 0 Å². The minimum Gasteiger partial charge on any atom is -0.462 e. The Bertz CT molecular complexity index is 1090. The van der Waals surface area contributed by atoms with E-state index in [2.05, 4.69) is 41.5 Å². The number of unbranched alkanes of at least 4 members (excludes halogenated alkanes) is 39. The Kier molecular flexibility index (Phi) is 53.9. The Labute approximate surface area is 438 Å². The normalized spacial score (nSPS) is 12.5. The van der Waals surface area contributed by atoms with Crippen LogP contribution in [0.5, 0.6) is 0 Å². The number of ether oxygens (including phenoxy) is 3. The molecule has 0 bridgehead atoms. The Morgan fingerprint density at radius 3 is 0.743 bits per heavy atom. The molecule has 70 heavy (non-hydrogen) atoms. The van der Waals surface area contributed by atoms with Gasteiger partial charge in [-0.05, 0) is 37.0 Å². The van der Waals surface area contributed by atoms with Crippen molar-refractivity contribution in [3.63, 3.8) is 0 Å². The van der Waals surface area contributed by atoms with Gasteiger partial charge in [0.25, 0.3) is 0 Å². The van der Waals surface area contributed by atoms with Crippen LogP contribution in [0.1, 0.15) is 356 Å². The Hall–Kier alpha value is -1.59. The summed E-state index contributed by atoms with van der Waals surface area (Å²) in [6.07, 6.45) is 59.5. The molecule has 0 fully saturated rings. The molecule has 0 aromatic heterocycles. The third kappa shape index (κ3) is 55.7. The Morgan fingerprint density at radius 1 is 0.286 bits per heavy atom. The zero-order valence-electron chi connectivity index (χ0n) is 48.3. The summed E-state index contributed by atoms with van der Waals surface area (Å²) in [4.78, 5) is 38.3. The summed E-state index contributed by atoms with van der Waals surface area (Å²) in [7, 11) is 0. The van der Waals surface area contributed by atoms with Crippen molar-refractivity contribution in [3.8, 4) is 0 Å². The van der Waals surface area contributed by atoms with Gasteiger partial charge in [-0.15, -0.1) is 0 Å². The number of hydrogen-bond donors (Lipinski definition) is 0. The molecule has 0 amide bonds. The Morgan fingerprint density at radius 2 is 0.500 bits per heavy atom. The molecule has 0 saturated heterocycles. The first-order valence-electron chi connectivity index (χ1n) is 31.6. The summed E-state index contributed by atoms with van der Waals surface area (Å²) in [6, 6.07) is 0. The number of rotatable bonds is 57. The van der Waals surface area contributed by atoms with E-state index in [0.717, 1.165) is 75.5 Å². The molecule has 0 aliphatic carbocycles. The van der Waals surface area contributed by atoms with Gasteiger partial charge in [-0.1, -0.05) is 318 Å². The quantitative estimate of drug-likeness (QED) is 0.0343. The number of hydrogen-bond acceptors (Lipinski definition) is 6. The zero-order valence-corrected chi connectivity index (χ0v) is 48.3. The maximum atomic E-state index is 12.9. The van der Waals surface area contributed by atoms with Crippen LogP contribution in [0.15, 0.2) is 0 Å². The van der Waals surface area contributed by atoms with Crippen LogP contribution in [-0.2, 0) is 28.6 Å². The zero-order chi connectivity index (χ0) is 51.2. The lowest BCUT2D eigenvalue weighted by atomic mass is 9.99. The van der Waals surface area contributed by atoms with E-state index in [-0.39, 0.29) is 31.1 Å². The molecule has 1 unspecified atom stereocenters. The second kappa shape index (κ2) is 55.2. The molecular formula is C64H124O6. The van der Waals surface area contributed by atoms with Crippen molar-refractivity contribution >= 4 is 17.9 Å². The van der Waals surface area contributed by atoms with Crippen LogP contribution >= 0.6 is 0 Å². The lowest BCUT2D eigenvalue weighted by Gasteiger charge is -2.18. The SMILES string of the molecule is CCC(C)CCCCCCCCCCCCC(=O)OC[C@H](COC(=O)CCCCCCCCCCCCCCCCCCCCC(C)C)OC(=O)CCCCCCCCCCCCCCCCC(C)C. The summed E-state index contributed by atoms with van der Waals surface area (Å²) in [5.74, 6) is 1.73. The molecule has 0 heterocycles. The van der Waals surface area contributed by atoms with E-state index in [1.54, 1.807) is 0 Å². The van der Waals surface area contributed by atoms with Crippen molar-refractivity contribution < 1.29 is 28.6 Å². The van der Waals surface area contributed by atoms with Crippen LogP contribution in [0.25, 0.3) is 0 Å². The number of carbonyl (C=O) groups excluding carboxylic acids is 3. The summed E-state index contributed by atoms with van der Waals surface area (Å²) in [6.45, 7) is 13.8. The third-order valence-electron chi connectivity index (χ3n) is 15.0. The molecule has 0 aromatic carbocycles. The van der Waals surface area contributed by atoms with Gasteiger partial charge in [-0.25, -0.2) is 0 Å². The highest BCUT2D eigenvalue weighted by atomic mass is 16.6. The third-order valence-corrected chi connectivity index (χ3v) is 15.0. The van der Waals surface area contributed by atoms with E-state index in [9.17, 15) is 14.4 Å². The second-order valence-electron chi connectivity index (χ2n) is 23.2. The molecule has 2 atom stereocenters. The van der Waals surface area contributed by atoms with Gasteiger partial charge in [0, 0.05) is 19.3 Å². The lowest BCUT2D eigenvalue weighted by molar-refractivity contribution is -0.167. The largest absolute Gasteiger partial charge is 0.462 e. The van der Waals surface area contributed by atoms with Crippen LogP contribution in [0.3, 0.4) is 0 Å². The standard InChI is InChI=1S/C64H124O6/c1-7-60(6)52-46-40-34-28-24-25-30-36-42-48-54-63(66)69-57-61(70-64(67)55-49-43-37-31-23-19-15-14-17-21-27-33-39-45-51-59(4)5)56-68-62(65)53-47-41-35-29-22-18-13-11-9-8-10-12-16-20-26-32-38-44-50-58(2)3/h58-61H,7-57H2,1-6H3/t60?,61-/m0/s1. The summed E-state index contributed by atoms with van der Waals surface area (Å²) in [5.41, 5.74) is 0. The van der Waals surface area contributed by atoms with Crippen LogP contribution in [0.4, 0.5) is 0 Å². The van der Waals surface area contributed by atoms with Crippen molar-refractivity contribution in [2.45, 2.75) is 362 Å². The smallest absolute Gasteiger partial charge is 0.306 e. The summed E-state index contributed by atoms with van der Waals surface area (Å²) >= 11 is 0. The molecule has 6 nitrogen and oxygen atoms in total. The second-order valence-corrected chi connectivity index (χ2v) is 23.2. The van der Waals surface area contributed by atoms with Crippen molar-refractivity contribution in [1.29, 1.82) is 0 Å². The highest BCUT2D eigenvalue weighted by Crippen LogP contribution is 2.19. The number of esters is 3. The molecule has 416 valence electrons.